The number of unbranched alkanes of at least 4 members (excludes halogenated alkanes) is 1. The van der Waals surface area contributed by atoms with Gasteiger partial charge in [0.05, 0.1) is 30.0 Å². The molecule has 10 nitrogen and oxygen atoms in total. The van der Waals surface area contributed by atoms with Crippen LogP contribution in [0.1, 0.15) is 69.2 Å². The lowest BCUT2D eigenvalue weighted by Crippen LogP contribution is -2.58. The van der Waals surface area contributed by atoms with E-state index in [1.807, 2.05) is 42.5 Å². The zero-order valence-electron chi connectivity index (χ0n) is 35.9. The van der Waals surface area contributed by atoms with Crippen LogP contribution in [0.15, 0.2) is 102 Å². The Hall–Kier alpha value is -4.94. The number of pyridine rings is 1. The number of ether oxygens (including phenoxy) is 1. The van der Waals surface area contributed by atoms with Crippen LogP contribution in [0.4, 0.5) is 10.5 Å². The number of anilines is 1. The highest BCUT2D eigenvalue weighted by Crippen LogP contribution is 2.42. The second-order valence-corrected chi connectivity index (χ2v) is 22.9. The molecule has 4 aromatic carbocycles. The van der Waals surface area contributed by atoms with E-state index in [0.29, 0.717) is 24.6 Å². The summed E-state index contributed by atoms with van der Waals surface area (Å²) >= 11 is 0. The normalized spacial score (nSPS) is 18.4. The number of aryl methyl sites for hydroxylation is 1. The topological polar surface area (TPSA) is 127 Å². The average molecular weight is 831 g/mol. The van der Waals surface area contributed by atoms with E-state index in [9.17, 15) is 19.8 Å². The minimum absolute atomic E-state index is 0.00904. The molecule has 2 atom stereocenters. The van der Waals surface area contributed by atoms with E-state index < -0.39 is 14.4 Å². The molecule has 0 unspecified atom stereocenters. The number of hydrogen-bond donors (Lipinski definition) is 4. The minimum atomic E-state index is -2.17. The molecule has 5 aromatic rings. The number of aromatic hydroxyl groups is 1. The quantitative estimate of drug-likeness (QED) is 0.0539. The molecule has 3 saturated heterocycles. The number of H-pyrrole nitrogens is 1. The summed E-state index contributed by atoms with van der Waals surface area (Å²) < 4.78 is 13.1. The molecule has 4 N–H and O–H groups in total. The second kappa shape index (κ2) is 18.8. The third kappa shape index (κ3) is 10.1. The SMILES string of the molecule is CC(C)(C)[Si](C)(C)O[C@H](CNCCc1ccc(OCCCCc2ccc(N(C(=O)O)[C@H]3CN4CCC3CC4)c(-c3ccccc3)c2)cc1)c1ccc(O)c2[nH]c(=O)ccc12. The van der Waals surface area contributed by atoms with E-state index in [4.69, 9.17) is 9.16 Å². The van der Waals surface area contributed by atoms with Crippen LogP contribution in [0, 0.1) is 5.92 Å². The number of hydrogen-bond acceptors (Lipinski definition) is 7. The van der Waals surface area contributed by atoms with Crippen molar-refractivity contribution in [3.05, 3.63) is 124 Å². The summed E-state index contributed by atoms with van der Waals surface area (Å²) in [5.41, 5.74) is 6.30. The molecule has 3 fully saturated rings. The van der Waals surface area contributed by atoms with Gasteiger partial charge >= 0.3 is 6.09 Å². The van der Waals surface area contributed by atoms with Crippen molar-refractivity contribution in [2.45, 2.75) is 89.6 Å². The number of rotatable bonds is 17. The van der Waals surface area contributed by atoms with Gasteiger partial charge < -0.3 is 34.6 Å². The number of carbonyl (C=O) groups is 1. The van der Waals surface area contributed by atoms with Gasteiger partial charge in [0.15, 0.2) is 8.32 Å². The van der Waals surface area contributed by atoms with Crippen LogP contribution >= 0.6 is 0 Å². The van der Waals surface area contributed by atoms with Gasteiger partial charge in [-0.05, 0) is 141 Å². The van der Waals surface area contributed by atoms with Gasteiger partial charge in [-0.1, -0.05) is 75.4 Å². The number of carboxylic acid groups (broad SMARTS) is 1. The van der Waals surface area contributed by atoms with E-state index >= 15 is 0 Å². The molecule has 60 heavy (non-hydrogen) atoms. The second-order valence-electron chi connectivity index (χ2n) is 18.1. The van der Waals surface area contributed by atoms with Gasteiger partial charge in [0.25, 0.3) is 0 Å². The lowest BCUT2D eigenvalue weighted by atomic mass is 9.82. The summed E-state index contributed by atoms with van der Waals surface area (Å²) in [6.07, 6.45) is 4.55. The Balaban J connectivity index is 0.912. The summed E-state index contributed by atoms with van der Waals surface area (Å²) in [5, 5.41) is 25.5. The molecule has 2 bridgehead atoms. The maximum absolute atomic E-state index is 12.8. The maximum atomic E-state index is 12.8. The number of aromatic nitrogens is 1. The lowest BCUT2D eigenvalue weighted by molar-refractivity contribution is 0.0838. The Morgan fingerprint density at radius 1 is 0.933 bits per heavy atom. The van der Waals surface area contributed by atoms with E-state index in [1.165, 1.54) is 17.2 Å². The molecule has 8 rings (SSSR count). The molecule has 3 aliphatic rings. The number of phenols is 1. The van der Waals surface area contributed by atoms with Crippen molar-refractivity contribution < 1.29 is 24.2 Å². The maximum Gasteiger partial charge on any atom is 0.412 e. The van der Waals surface area contributed by atoms with Crippen LogP contribution in [0.2, 0.25) is 18.1 Å². The molecule has 0 radical (unpaired) electrons. The van der Waals surface area contributed by atoms with Crippen molar-refractivity contribution in [3.63, 3.8) is 0 Å². The van der Waals surface area contributed by atoms with Crippen molar-refractivity contribution >= 4 is 31.0 Å². The number of nitrogens with zero attached hydrogens (tertiary/aromatic N) is 2. The third-order valence-electron chi connectivity index (χ3n) is 13.0. The Kier molecular flexibility index (Phi) is 13.5. The molecule has 4 heterocycles. The summed E-state index contributed by atoms with van der Waals surface area (Å²) in [6.45, 7) is 16.0. The first kappa shape index (κ1) is 43.2. The Bertz CT molecular complexity index is 2280. The number of fused-ring (bicyclic) bond motifs is 4. The zero-order valence-corrected chi connectivity index (χ0v) is 36.9. The summed E-state index contributed by atoms with van der Waals surface area (Å²) in [6, 6.07) is 31.6. The molecule has 0 saturated carbocycles. The standard InChI is InChI=1S/C49H62N4O6Si/c1-49(2,3)60(4,5)59-45(39-19-22-44(54)47-40(39)20-23-46(55)51-47)32-50-27-24-34-14-17-38(18-15-34)58-30-10-9-11-35-16-21-42(41(31-35)36-12-7-6-8-13-36)53(48(56)57)43-33-52-28-25-37(43)26-29-52/h6-8,12-23,31,37,43,45,50,54H,9-11,24-30,32-33H2,1-5H3,(H,51,55)(H,56,57)/t43-,45+/m0/s1. The smallest absolute Gasteiger partial charge is 0.412 e. The van der Waals surface area contributed by atoms with Gasteiger partial charge in [0.2, 0.25) is 5.56 Å². The van der Waals surface area contributed by atoms with Crippen LogP contribution in [-0.2, 0) is 17.3 Å². The molecular weight excluding hydrogens is 769 g/mol. The predicted molar refractivity (Wildman–Crippen MR) is 244 cm³/mol. The molecule has 1 aromatic heterocycles. The number of aromatic amines is 1. The fourth-order valence-electron chi connectivity index (χ4n) is 8.57. The monoisotopic (exact) mass is 830 g/mol. The van der Waals surface area contributed by atoms with Gasteiger partial charge in [0, 0.05) is 30.1 Å². The Labute approximate surface area is 355 Å². The molecule has 3 aliphatic heterocycles. The highest BCUT2D eigenvalue weighted by molar-refractivity contribution is 6.74. The van der Waals surface area contributed by atoms with Gasteiger partial charge in [-0.2, -0.15) is 0 Å². The first-order valence-corrected chi connectivity index (χ1v) is 24.6. The summed E-state index contributed by atoms with van der Waals surface area (Å²) in [7, 11) is -2.17. The fraction of sp³-hybridized carbons (Fsp3) is 0.429. The summed E-state index contributed by atoms with van der Waals surface area (Å²) in [4.78, 5) is 31.8. The van der Waals surface area contributed by atoms with Crippen LogP contribution in [-0.4, -0.2) is 79.9 Å². The van der Waals surface area contributed by atoms with Gasteiger partial charge in [-0.3, -0.25) is 9.69 Å². The average Bonchev–Trinajstić information content (AvgIpc) is 3.23. The number of phenolic OH excluding ortho intramolecular Hbond substituents is 1. The van der Waals surface area contributed by atoms with Gasteiger partial charge in [-0.15, -0.1) is 0 Å². The largest absolute Gasteiger partial charge is 0.506 e. The Morgan fingerprint density at radius 2 is 1.67 bits per heavy atom. The van der Waals surface area contributed by atoms with Crippen LogP contribution in [0.3, 0.4) is 0 Å². The molecule has 318 valence electrons. The first-order chi connectivity index (χ1) is 28.8. The van der Waals surface area contributed by atoms with Crippen LogP contribution < -0.4 is 20.5 Å². The predicted octanol–water partition coefficient (Wildman–Crippen LogP) is 9.78. The number of amides is 1. The third-order valence-corrected chi connectivity index (χ3v) is 17.5. The molecule has 1 amide bonds. The Morgan fingerprint density at radius 3 is 2.35 bits per heavy atom. The number of piperidine rings is 3. The van der Waals surface area contributed by atoms with E-state index in [-0.39, 0.29) is 28.5 Å². The van der Waals surface area contributed by atoms with Crippen molar-refractivity contribution in [2.75, 3.05) is 44.2 Å². The first-order valence-electron chi connectivity index (χ1n) is 21.7. The summed E-state index contributed by atoms with van der Waals surface area (Å²) in [5.74, 6) is 1.29. The molecule has 0 spiro atoms. The molecular formula is C49H62N4O6Si. The van der Waals surface area contributed by atoms with Crippen LogP contribution in [0.25, 0.3) is 22.0 Å². The highest BCUT2D eigenvalue weighted by Gasteiger charge is 2.41. The van der Waals surface area contributed by atoms with Crippen molar-refractivity contribution in [3.8, 4) is 22.6 Å². The minimum Gasteiger partial charge on any atom is -0.506 e. The van der Waals surface area contributed by atoms with E-state index in [1.54, 1.807) is 17.0 Å². The molecule has 0 aliphatic carbocycles. The lowest BCUT2D eigenvalue weighted by Gasteiger charge is -2.48. The van der Waals surface area contributed by atoms with Crippen LogP contribution in [0.5, 0.6) is 11.5 Å². The zero-order chi connectivity index (χ0) is 42.4. The fourth-order valence-corrected chi connectivity index (χ4v) is 9.85. The van der Waals surface area contributed by atoms with Crippen molar-refractivity contribution in [1.82, 2.24) is 15.2 Å². The molecule has 11 heteroatoms. The van der Waals surface area contributed by atoms with Crippen molar-refractivity contribution in [1.29, 1.82) is 0 Å². The van der Waals surface area contributed by atoms with E-state index in [0.717, 1.165) is 98.2 Å². The van der Waals surface area contributed by atoms with Gasteiger partial charge in [-0.25, -0.2) is 4.79 Å². The number of nitrogens with one attached hydrogen (secondary N) is 2. The van der Waals surface area contributed by atoms with E-state index in [2.05, 4.69) is 85.5 Å². The van der Waals surface area contributed by atoms with Crippen molar-refractivity contribution in [2.24, 2.45) is 5.92 Å². The number of benzene rings is 4. The van der Waals surface area contributed by atoms with Gasteiger partial charge in [0.1, 0.15) is 11.5 Å². The highest BCUT2D eigenvalue weighted by atomic mass is 28.4.